The molecule has 10 heteroatoms. The molecule has 2 N–H and O–H groups in total. The molecule has 7 nitrogen and oxygen atoms in total. The maximum Gasteiger partial charge on any atom is 0.419 e. The summed E-state index contributed by atoms with van der Waals surface area (Å²) in [6.45, 7) is 3.15. The van der Waals surface area contributed by atoms with Crippen molar-refractivity contribution in [1.82, 2.24) is 4.98 Å². The summed E-state index contributed by atoms with van der Waals surface area (Å²) in [7, 11) is 0. The highest BCUT2D eigenvalue weighted by Crippen LogP contribution is 2.32. The Morgan fingerprint density at radius 3 is 2.59 bits per heavy atom. The van der Waals surface area contributed by atoms with Gasteiger partial charge in [-0.2, -0.15) is 18.4 Å². The normalized spacial score (nSPS) is 13.4. The van der Waals surface area contributed by atoms with E-state index in [9.17, 15) is 27.9 Å². The number of ether oxygens (including phenoxy) is 1. The molecule has 0 aromatic carbocycles. The number of alkyl halides is 3. The predicted octanol–water partition coefficient (Wildman–Crippen LogP) is 2.79. The van der Waals surface area contributed by atoms with Crippen LogP contribution >= 0.6 is 0 Å². The van der Waals surface area contributed by atoms with Gasteiger partial charge in [-0.05, 0) is 39.2 Å². The molecule has 0 bridgehead atoms. The van der Waals surface area contributed by atoms with E-state index in [0.717, 1.165) is 6.20 Å². The van der Waals surface area contributed by atoms with E-state index in [1.165, 1.54) is 13.0 Å². The van der Waals surface area contributed by atoms with Crippen molar-refractivity contribution in [2.45, 2.75) is 51.3 Å². The monoisotopic (exact) mass is 387 g/mol. The Morgan fingerprint density at radius 1 is 1.37 bits per heavy atom. The quantitative estimate of drug-likeness (QED) is 0.524. The topological polar surface area (TPSA) is 112 Å². The van der Waals surface area contributed by atoms with E-state index in [4.69, 9.17) is 10.00 Å². The number of amides is 1. The van der Waals surface area contributed by atoms with Crippen molar-refractivity contribution in [3.8, 4) is 6.07 Å². The number of unbranched alkanes of at least 4 members (excludes halogenated alkanes) is 1. The van der Waals surface area contributed by atoms with Crippen LogP contribution in [0.5, 0.6) is 0 Å². The van der Waals surface area contributed by atoms with Gasteiger partial charge in [0, 0.05) is 6.42 Å². The first-order valence-corrected chi connectivity index (χ1v) is 8.18. The highest BCUT2D eigenvalue weighted by Gasteiger charge is 2.35. The summed E-state index contributed by atoms with van der Waals surface area (Å²) < 4.78 is 43.5. The average Bonchev–Trinajstić information content (AvgIpc) is 2.58. The van der Waals surface area contributed by atoms with Gasteiger partial charge >= 0.3 is 12.1 Å². The van der Waals surface area contributed by atoms with Crippen molar-refractivity contribution in [2.24, 2.45) is 0 Å². The van der Waals surface area contributed by atoms with Crippen LogP contribution < -0.4 is 5.32 Å². The Hall–Kier alpha value is -2.67. The minimum absolute atomic E-state index is 0.00588. The van der Waals surface area contributed by atoms with E-state index < -0.39 is 28.9 Å². The van der Waals surface area contributed by atoms with Gasteiger partial charge in [0.05, 0.1) is 24.1 Å². The molecule has 1 aromatic heterocycles. The molecule has 1 heterocycles. The maximum atomic E-state index is 12.9. The number of anilines is 1. The lowest BCUT2D eigenvalue weighted by molar-refractivity contribution is -0.143. The molecule has 27 heavy (non-hydrogen) atoms. The molecule has 0 aliphatic heterocycles. The van der Waals surface area contributed by atoms with Gasteiger partial charge in [0.1, 0.15) is 11.7 Å². The van der Waals surface area contributed by atoms with E-state index in [-0.39, 0.29) is 31.1 Å². The molecule has 0 radical (unpaired) electrons. The molecule has 0 saturated heterocycles. The van der Waals surface area contributed by atoms with Crippen LogP contribution in [-0.2, 0) is 20.5 Å². The summed E-state index contributed by atoms with van der Waals surface area (Å²) in [6, 6.07) is 1.92. The molecule has 1 aromatic rings. The van der Waals surface area contributed by atoms with Gasteiger partial charge in [-0.15, -0.1) is 0 Å². The third-order valence-corrected chi connectivity index (χ3v) is 3.65. The Labute approximate surface area is 154 Å². The Bertz CT molecular complexity index is 727. The fraction of sp³-hybridized carbons (Fsp3) is 0.529. The molecule has 0 aliphatic rings. The second-order valence-corrected chi connectivity index (χ2v) is 5.97. The standard InChI is InChI=1S/C17H20F3N3O4/c1-3-27-14(24)6-4-5-7-16(2,26)15(25)23-11-8-12(17(18,19)20)13(9-21)22-10-11/h8,10,26H,3-7H2,1-2H3,(H,23,25). The number of nitriles is 1. The lowest BCUT2D eigenvalue weighted by atomic mass is 9.97. The van der Waals surface area contributed by atoms with E-state index in [1.54, 1.807) is 6.92 Å². The fourth-order valence-electron chi connectivity index (χ4n) is 2.19. The second-order valence-electron chi connectivity index (χ2n) is 5.97. The largest absolute Gasteiger partial charge is 0.466 e. The third kappa shape index (κ3) is 6.86. The van der Waals surface area contributed by atoms with Crippen LogP contribution in [0.4, 0.5) is 18.9 Å². The lowest BCUT2D eigenvalue weighted by Gasteiger charge is -2.22. The van der Waals surface area contributed by atoms with Crippen molar-refractivity contribution in [2.75, 3.05) is 11.9 Å². The number of carbonyl (C=O) groups is 2. The van der Waals surface area contributed by atoms with Gasteiger partial charge in [0.2, 0.25) is 0 Å². The van der Waals surface area contributed by atoms with Gasteiger partial charge in [-0.1, -0.05) is 0 Å². The highest BCUT2D eigenvalue weighted by atomic mass is 19.4. The number of pyridine rings is 1. The predicted molar refractivity (Wildman–Crippen MR) is 88.3 cm³/mol. The van der Waals surface area contributed by atoms with Gasteiger partial charge in [-0.25, -0.2) is 4.98 Å². The Morgan fingerprint density at radius 2 is 2.04 bits per heavy atom. The molecule has 148 valence electrons. The van der Waals surface area contributed by atoms with Gasteiger partial charge < -0.3 is 15.2 Å². The molecule has 0 aliphatic carbocycles. The molecular formula is C17H20F3N3O4. The van der Waals surface area contributed by atoms with E-state index >= 15 is 0 Å². The first-order chi connectivity index (χ1) is 12.5. The molecule has 0 fully saturated rings. The number of nitrogens with one attached hydrogen (secondary N) is 1. The number of hydrogen-bond acceptors (Lipinski definition) is 6. The zero-order chi connectivity index (χ0) is 20.7. The Kier molecular flexibility index (Phi) is 7.72. The number of hydrogen-bond donors (Lipinski definition) is 2. The first kappa shape index (κ1) is 22.4. The van der Waals surface area contributed by atoms with Crippen molar-refractivity contribution >= 4 is 17.6 Å². The van der Waals surface area contributed by atoms with Gasteiger partial charge in [-0.3, -0.25) is 9.59 Å². The zero-order valence-electron chi connectivity index (χ0n) is 14.9. The van der Waals surface area contributed by atoms with Crippen LogP contribution in [0.25, 0.3) is 0 Å². The van der Waals surface area contributed by atoms with Crippen LogP contribution in [0.3, 0.4) is 0 Å². The summed E-state index contributed by atoms with van der Waals surface area (Å²) in [4.78, 5) is 26.8. The van der Waals surface area contributed by atoms with Gasteiger partial charge in [0.15, 0.2) is 5.69 Å². The molecule has 1 rings (SSSR count). The van der Waals surface area contributed by atoms with E-state index in [0.29, 0.717) is 18.9 Å². The zero-order valence-corrected chi connectivity index (χ0v) is 14.9. The van der Waals surface area contributed by atoms with Crippen LogP contribution in [-0.4, -0.2) is 34.2 Å². The SMILES string of the molecule is CCOC(=O)CCCCC(C)(O)C(=O)Nc1cnc(C#N)c(C(F)(F)F)c1. The summed E-state index contributed by atoms with van der Waals surface area (Å²) in [5.74, 6) is -1.30. The van der Waals surface area contributed by atoms with Crippen LogP contribution in [0, 0.1) is 11.3 Å². The summed E-state index contributed by atoms with van der Waals surface area (Å²) in [5, 5.41) is 21.1. The number of rotatable bonds is 8. The van der Waals surface area contributed by atoms with Crippen molar-refractivity contribution in [3.63, 3.8) is 0 Å². The fourth-order valence-corrected chi connectivity index (χ4v) is 2.19. The lowest BCUT2D eigenvalue weighted by Crippen LogP contribution is -2.40. The number of carbonyl (C=O) groups excluding carboxylic acids is 2. The Balaban J connectivity index is 2.71. The third-order valence-electron chi connectivity index (χ3n) is 3.65. The van der Waals surface area contributed by atoms with Crippen molar-refractivity contribution in [1.29, 1.82) is 5.26 Å². The molecule has 1 amide bonds. The summed E-state index contributed by atoms with van der Waals surface area (Å²) in [5.41, 5.74) is -4.25. The minimum Gasteiger partial charge on any atom is -0.466 e. The number of halogens is 3. The van der Waals surface area contributed by atoms with Crippen molar-refractivity contribution in [3.05, 3.63) is 23.5 Å². The average molecular weight is 387 g/mol. The van der Waals surface area contributed by atoms with Gasteiger partial charge in [0.25, 0.3) is 5.91 Å². The second kappa shape index (κ2) is 9.32. The number of aromatic nitrogens is 1. The number of esters is 1. The smallest absolute Gasteiger partial charge is 0.419 e. The summed E-state index contributed by atoms with van der Waals surface area (Å²) in [6.07, 6.45) is -3.05. The molecular weight excluding hydrogens is 367 g/mol. The first-order valence-electron chi connectivity index (χ1n) is 8.18. The van der Waals surface area contributed by atoms with Crippen molar-refractivity contribution < 1.29 is 32.6 Å². The number of aliphatic hydroxyl groups is 1. The number of nitrogens with zero attached hydrogens (tertiary/aromatic N) is 2. The molecule has 1 atom stereocenters. The maximum absolute atomic E-state index is 12.9. The van der Waals surface area contributed by atoms with Crippen LogP contribution in [0.15, 0.2) is 12.3 Å². The molecule has 1 unspecified atom stereocenters. The van der Waals surface area contributed by atoms with Crippen LogP contribution in [0.2, 0.25) is 0 Å². The molecule has 0 saturated carbocycles. The van der Waals surface area contributed by atoms with Crippen LogP contribution in [0.1, 0.15) is 50.8 Å². The molecule has 0 spiro atoms. The van der Waals surface area contributed by atoms with E-state index in [1.807, 2.05) is 0 Å². The minimum atomic E-state index is -4.81. The summed E-state index contributed by atoms with van der Waals surface area (Å²) >= 11 is 0. The highest BCUT2D eigenvalue weighted by molar-refractivity contribution is 5.96. The van der Waals surface area contributed by atoms with E-state index in [2.05, 4.69) is 10.3 Å².